The summed E-state index contributed by atoms with van der Waals surface area (Å²) in [6, 6.07) is 0. The van der Waals surface area contributed by atoms with E-state index in [-0.39, 0.29) is 36.8 Å². The Balaban J connectivity index is 1.88. The zero-order valence-corrected chi connectivity index (χ0v) is 18.7. The Kier molecular flexibility index (Phi) is 7.64. The fraction of sp³-hybridized carbons (Fsp3) is 0.789. The molecule has 2 heterocycles. The Morgan fingerprint density at radius 2 is 1.86 bits per heavy atom. The largest absolute Gasteiger partial charge is 0.373 e. The number of amides is 1. The first-order chi connectivity index (χ1) is 13.0. The van der Waals surface area contributed by atoms with Crippen molar-refractivity contribution in [2.45, 2.75) is 66.7 Å². The Labute approximate surface area is 168 Å². The standard InChI is InChI=1S/C19H34N4O4S/c1-13(2)10-23-17(6)18(16(5)21-23)9-19(24)20-7-8-28(25,26)22-11-14(3)27-15(4)12-22/h13-15H,7-12H2,1-6H3,(H,20,24)/t14-,15+. The fourth-order valence-corrected chi connectivity index (χ4v) is 5.04. The monoisotopic (exact) mass is 414 g/mol. The van der Waals surface area contributed by atoms with E-state index in [0.717, 1.165) is 23.5 Å². The van der Waals surface area contributed by atoms with Gasteiger partial charge in [-0.05, 0) is 33.6 Å². The molecule has 8 nitrogen and oxygen atoms in total. The molecule has 0 radical (unpaired) electrons. The molecule has 0 bridgehead atoms. The number of aromatic nitrogens is 2. The van der Waals surface area contributed by atoms with Crippen LogP contribution >= 0.6 is 0 Å². The Morgan fingerprint density at radius 1 is 1.25 bits per heavy atom. The first-order valence-corrected chi connectivity index (χ1v) is 11.5. The highest BCUT2D eigenvalue weighted by molar-refractivity contribution is 7.89. The van der Waals surface area contributed by atoms with E-state index in [0.29, 0.717) is 19.0 Å². The van der Waals surface area contributed by atoms with Crippen LogP contribution in [0, 0.1) is 19.8 Å². The summed E-state index contributed by atoms with van der Waals surface area (Å²) in [7, 11) is -3.42. The number of carbonyl (C=O) groups excluding carboxylic acids is 1. The molecule has 0 unspecified atom stereocenters. The SMILES string of the molecule is Cc1nn(CC(C)C)c(C)c1CC(=O)NCCS(=O)(=O)N1C[C@@H](C)O[C@@H](C)C1. The molecular formula is C19H34N4O4S. The summed E-state index contributed by atoms with van der Waals surface area (Å²) in [4.78, 5) is 12.3. The van der Waals surface area contributed by atoms with Gasteiger partial charge in [-0.2, -0.15) is 9.40 Å². The number of carbonyl (C=O) groups is 1. The summed E-state index contributed by atoms with van der Waals surface area (Å²) >= 11 is 0. The van der Waals surface area contributed by atoms with Crippen molar-refractivity contribution in [2.75, 3.05) is 25.4 Å². The average molecular weight is 415 g/mol. The van der Waals surface area contributed by atoms with Crippen LogP contribution in [0.4, 0.5) is 0 Å². The van der Waals surface area contributed by atoms with Crippen LogP contribution in [0.25, 0.3) is 0 Å². The quantitative estimate of drug-likeness (QED) is 0.691. The van der Waals surface area contributed by atoms with Gasteiger partial charge in [0.25, 0.3) is 0 Å². The molecule has 1 N–H and O–H groups in total. The van der Waals surface area contributed by atoms with Crippen LogP contribution in [0.3, 0.4) is 0 Å². The summed E-state index contributed by atoms with van der Waals surface area (Å²) in [5, 5.41) is 7.26. The lowest BCUT2D eigenvalue weighted by atomic mass is 10.1. The van der Waals surface area contributed by atoms with Gasteiger partial charge in [0.2, 0.25) is 15.9 Å². The first kappa shape index (κ1) is 22.8. The Hall–Kier alpha value is -1.45. The molecule has 1 aromatic rings. The molecule has 160 valence electrons. The van der Waals surface area contributed by atoms with E-state index < -0.39 is 10.0 Å². The van der Waals surface area contributed by atoms with Crippen molar-refractivity contribution < 1.29 is 17.9 Å². The number of hydrogen-bond donors (Lipinski definition) is 1. The molecule has 1 aromatic heterocycles. The van der Waals surface area contributed by atoms with Crippen molar-refractivity contribution >= 4 is 15.9 Å². The van der Waals surface area contributed by atoms with E-state index in [1.165, 1.54) is 4.31 Å². The van der Waals surface area contributed by atoms with E-state index in [4.69, 9.17) is 4.74 Å². The summed E-state index contributed by atoms with van der Waals surface area (Å²) < 4.78 is 34.1. The van der Waals surface area contributed by atoms with Gasteiger partial charge in [-0.1, -0.05) is 13.8 Å². The fourth-order valence-electron chi connectivity index (χ4n) is 3.54. The molecule has 0 spiro atoms. The molecule has 28 heavy (non-hydrogen) atoms. The van der Waals surface area contributed by atoms with E-state index >= 15 is 0 Å². The summed E-state index contributed by atoms with van der Waals surface area (Å²) in [6.07, 6.45) is -0.0376. The van der Waals surface area contributed by atoms with Gasteiger partial charge in [0, 0.05) is 37.4 Å². The predicted octanol–water partition coefficient (Wildman–Crippen LogP) is 1.25. The van der Waals surface area contributed by atoms with Gasteiger partial charge in [-0.3, -0.25) is 9.48 Å². The zero-order valence-electron chi connectivity index (χ0n) is 17.9. The van der Waals surface area contributed by atoms with Gasteiger partial charge in [-0.15, -0.1) is 0 Å². The lowest BCUT2D eigenvalue weighted by molar-refractivity contribution is -0.120. The number of sulfonamides is 1. The van der Waals surface area contributed by atoms with E-state index in [2.05, 4.69) is 24.3 Å². The Morgan fingerprint density at radius 3 is 2.43 bits per heavy atom. The van der Waals surface area contributed by atoms with Crippen LogP contribution in [0.5, 0.6) is 0 Å². The van der Waals surface area contributed by atoms with Crippen LogP contribution < -0.4 is 5.32 Å². The number of ether oxygens (including phenoxy) is 1. The minimum atomic E-state index is -3.42. The number of morpholine rings is 1. The zero-order chi connectivity index (χ0) is 21.1. The molecule has 1 fully saturated rings. The van der Waals surface area contributed by atoms with Crippen molar-refractivity contribution in [1.82, 2.24) is 19.4 Å². The van der Waals surface area contributed by atoms with Crippen LogP contribution in [0.15, 0.2) is 0 Å². The summed E-state index contributed by atoms with van der Waals surface area (Å²) in [6.45, 7) is 13.5. The smallest absolute Gasteiger partial charge is 0.224 e. The van der Waals surface area contributed by atoms with E-state index in [1.54, 1.807) is 0 Å². The third kappa shape index (κ3) is 6.02. The van der Waals surface area contributed by atoms with Crippen molar-refractivity contribution in [3.05, 3.63) is 17.0 Å². The highest BCUT2D eigenvalue weighted by Gasteiger charge is 2.30. The first-order valence-electron chi connectivity index (χ1n) is 9.92. The molecule has 2 atom stereocenters. The van der Waals surface area contributed by atoms with Gasteiger partial charge < -0.3 is 10.1 Å². The van der Waals surface area contributed by atoms with Crippen molar-refractivity contribution in [3.8, 4) is 0 Å². The lowest BCUT2D eigenvalue weighted by Gasteiger charge is -2.34. The van der Waals surface area contributed by atoms with Crippen LogP contribution in [-0.2, 0) is 32.5 Å². The van der Waals surface area contributed by atoms with Gasteiger partial charge in [0.1, 0.15) is 0 Å². The number of nitrogens with one attached hydrogen (secondary N) is 1. The molecule has 2 rings (SSSR count). The molecule has 1 amide bonds. The van der Waals surface area contributed by atoms with Crippen molar-refractivity contribution in [3.63, 3.8) is 0 Å². The predicted molar refractivity (Wildman–Crippen MR) is 109 cm³/mol. The number of rotatable bonds is 8. The van der Waals surface area contributed by atoms with Crippen LogP contribution in [0.1, 0.15) is 44.6 Å². The van der Waals surface area contributed by atoms with Crippen molar-refractivity contribution in [2.24, 2.45) is 5.92 Å². The maximum absolute atomic E-state index is 12.5. The van der Waals surface area contributed by atoms with Gasteiger partial charge in [0.15, 0.2) is 0 Å². The highest BCUT2D eigenvalue weighted by atomic mass is 32.2. The number of aryl methyl sites for hydroxylation is 1. The van der Waals surface area contributed by atoms with E-state index in [9.17, 15) is 13.2 Å². The third-order valence-corrected chi connectivity index (χ3v) is 6.67. The summed E-state index contributed by atoms with van der Waals surface area (Å²) in [5.41, 5.74) is 2.75. The molecule has 1 aliphatic rings. The summed E-state index contributed by atoms with van der Waals surface area (Å²) in [5.74, 6) is 0.174. The van der Waals surface area contributed by atoms with Gasteiger partial charge in [-0.25, -0.2) is 8.42 Å². The second kappa shape index (κ2) is 9.37. The topological polar surface area (TPSA) is 93.5 Å². The second-order valence-electron chi connectivity index (χ2n) is 8.14. The van der Waals surface area contributed by atoms with E-state index in [1.807, 2.05) is 32.4 Å². The Bertz CT molecular complexity index is 778. The molecule has 0 saturated carbocycles. The van der Waals surface area contributed by atoms with Crippen LogP contribution in [-0.4, -0.2) is 66.0 Å². The minimum Gasteiger partial charge on any atom is -0.373 e. The molecule has 0 aromatic carbocycles. The average Bonchev–Trinajstić information content (AvgIpc) is 2.80. The van der Waals surface area contributed by atoms with Gasteiger partial charge >= 0.3 is 0 Å². The molecule has 9 heteroatoms. The molecular weight excluding hydrogens is 380 g/mol. The second-order valence-corrected chi connectivity index (χ2v) is 10.2. The van der Waals surface area contributed by atoms with Crippen LogP contribution in [0.2, 0.25) is 0 Å². The van der Waals surface area contributed by atoms with Crippen molar-refractivity contribution in [1.29, 1.82) is 0 Å². The molecule has 1 saturated heterocycles. The normalized spacial score (nSPS) is 21.2. The highest BCUT2D eigenvalue weighted by Crippen LogP contribution is 2.16. The number of hydrogen-bond acceptors (Lipinski definition) is 5. The maximum Gasteiger partial charge on any atom is 0.224 e. The molecule has 1 aliphatic heterocycles. The molecule has 0 aliphatic carbocycles. The third-order valence-electron chi connectivity index (χ3n) is 4.87. The minimum absolute atomic E-state index is 0.0967. The lowest BCUT2D eigenvalue weighted by Crippen LogP contribution is -2.49. The van der Waals surface area contributed by atoms with Gasteiger partial charge in [0.05, 0.1) is 30.1 Å². The maximum atomic E-state index is 12.5. The number of nitrogens with zero attached hydrogens (tertiary/aromatic N) is 3.